The van der Waals surface area contributed by atoms with E-state index in [0.29, 0.717) is 13.2 Å². The summed E-state index contributed by atoms with van der Waals surface area (Å²) < 4.78 is 6.75. The van der Waals surface area contributed by atoms with E-state index < -0.39 is 0 Å². The summed E-state index contributed by atoms with van der Waals surface area (Å²) in [5.41, 5.74) is 1.69. The minimum atomic E-state index is 0.0899. The van der Waals surface area contributed by atoms with Gasteiger partial charge in [-0.3, -0.25) is 14.7 Å². The highest BCUT2D eigenvalue weighted by Crippen LogP contribution is 2.36. The molecule has 0 radical (unpaired) electrons. The van der Waals surface area contributed by atoms with Crippen LogP contribution in [0.4, 0.5) is 5.13 Å². The second-order valence-corrected chi connectivity index (χ2v) is 7.77. The molecule has 0 unspecified atom stereocenters. The number of carbonyl (C=O) groups is 1. The zero-order valence-corrected chi connectivity index (χ0v) is 16.2. The maximum atomic E-state index is 13.3. The fraction of sp³-hybridized carbons (Fsp3) is 0.381. The van der Waals surface area contributed by atoms with E-state index >= 15 is 0 Å². The maximum absolute atomic E-state index is 13.3. The molecule has 0 spiro atoms. The molecule has 1 saturated carbocycles. The predicted octanol–water partition coefficient (Wildman–Crippen LogP) is 4.81. The van der Waals surface area contributed by atoms with Gasteiger partial charge in [0.25, 0.3) is 0 Å². The summed E-state index contributed by atoms with van der Waals surface area (Å²) in [6.07, 6.45) is 5.95. The molecule has 5 nitrogen and oxygen atoms in total. The number of fused-ring (bicyclic) bond motifs is 1. The Hall–Kier alpha value is -2.47. The van der Waals surface area contributed by atoms with Gasteiger partial charge in [0.05, 0.1) is 23.5 Å². The molecule has 0 aliphatic heterocycles. The number of aromatic nitrogens is 2. The fourth-order valence-corrected chi connectivity index (χ4v) is 4.57. The Balaban J connectivity index is 1.72. The lowest BCUT2D eigenvalue weighted by Crippen LogP contribution is -2.35. The summed E-state index contributed by atoms with van der Waals surface area (Å²) in [4.78, 5) is 24.3. The van der Waals surface area contributed by atoms with Gasteiger partial charge in [-0.1, -0.05) is 36.3 Å². The Morgan fingerprint density at radius 1 is 1.22 bits per heavy atom. The van der Waals surface area contributed by atoms with Crippen LogP contribution >= 0.6 is 11.3 Å². The molecule has 1 aromatic carbocycles. The Morgan fingerprint density at radius 3 is 2.81 bits per heavy atom. The average molecular weight is 382 g/mol. The highest BCUT2D eigenvalue weighted by molar-refractivity contribution is 7.22. The summed E-state index contributed by atoms with van der Waals surface area (Å²) in [6, 6.07) is 11.7. The van der Waals surface area contributed by atoms with Crippen LogP contribution in [0.15, 0.2) is 42.6 Å². The van der Waals surface area contributed by atoms with Crippen molar-refractivity contribution in [2.24, 2.45) is 5.92 Å². The summed E-state index contributed by atoms with van der Waals surface area (Å²) in [5.74, 6) is 1.02. The van der Waals surface area contributed by atoms with Crippen LogP contribution in [-0.2, 0) is 11.3 Å². The topological polar surface area (TPSA) is 55.3 Å². The van der Waals surface area contributed by atoms with Crippen LogP contribution in [0.2, 0.25) is 0 Å². The Bertz CT molecular complexity index is 920. The number of carbonyl (C=O) groups excluding carboxylic acids is 1. The van der Waals surface area contributed by atoms with Crippen molar-refractivity contribution in [1.82, 2.24) is 9.97 Å². The van der Waals surface area contributed by atoms with Gasteiger partial charge in [-0.25, -0.2) is 4.98 Å². The number of benzene rings is 1. The molecule has 6 heteroatoms. The number of thiazole rings is 1. The highest BCUT2D eigenvalue weighted by Gasteiger charge is 2.30. The molecule has 2 aromatic heterocycles. The molecular weight excluding hydrogens is 358 g/mol. The molecule has 140 valence electrons. The van der Waals surface area contributed by atoms with Crippen LogP contribution in [0.1, 0.15) is 38.3 Å². The quantitative estimate of drug-likeness (QED) is 0.615. The number of ether oxygens (including phenoxy) is 1. The number of hydrogen-bond donors (Lipinski definition) is 0. The van der Waals surface area contributed by atoms with Gasteiger partial charge in [-0.05, 0) is 44.0 Å². The molecule has 1 fully saturated rings. The summed E-state index contributed by atoms with van der Waals surface area (Å²) >= 11 is 1.54. The van der Waals surface area contributed by atoms with Gasteiger partial charge in [0, 0.05) is 12.1 Å². The lowest BCUT2D eigenvalue weighted by molar-refractivity contribution is -0.122. The molecule has 1 amide bonds. The zero-order valence-electron chi connectivity index (χ0n) is 15.4. The third kappa shape index (κ3) is 3.81. The molecule has 1 aliphatic carbocycles. The van der Waals surface area contributed by atoms with Crippen LogP contribution in [0.3, 0.4) is 0 Å². The molecular formula is C21H23N3O2S. The number of nitrogens with zero attached hydrogens (tertiary/aromatic N) is 3. The van der Waals surface area contributed by atoms with E-state index in [1.807, 2.05) is 48.2 Å². The Morgan fingerprint density at radius 2 is 2.07 bits per heavy atom. The Labute approximate surface area is 163 Å². The number of hydrogen-bond acceptors (Lipinski definition) is 5. The Kier molecular flexibility index (Phi) is 5.34. The number of rotatable bonds is 6. The van der Waals surface area contributed by atoms with Gasteiger partial charge < -0.3 is 4.74 Å². The van der Waals surface area contributed by atoms with Crippen LogP contribution in [0.25, 0.3) is 10.2 Å². The van der Waals surface area contributed by atoms with Crippen molar-refractivity contribution >= 4 is 32.6 Å². The number of pyridine rings is 1. The first-order valence-corrected chi connectivity index (χ1v) is 10.3. The molecule has 0 N–H and O–H groups in total. The molecule has 3 aromatic rings. The van der Waals surface area contributed by atoms with Gasteiger partial charge in [0.2, 0.25) is 5.91 Å². The minimum Gasteiger partial charge on any atom is -0.492 e. The van der Waals surface area contributed by atoms with E-state index in [-0.39, 0.29) is 11.8 Å². The third-order valence-corrected chi connectivity index (χ3v) is 5.96. The summed E-state index contributed by atoms with van der Waals surface area (Å²) in [5, 5.41) is 0.722. The van der Waals surface area contributed by atoms with Gasteiger partial charge in [-0.2, -0.15) is 0 Å². The van der Waals surface area contributed by atoms with Gasteiger partial charge in [-0.15, -0.1) is 0 Å². The van der Waals surface area contributed by atoms with Crippen molar-refractivity contribution in [3.05, 3.63) is 48.3 Å². The first-order valence-electron chi connectivity index (χ1n) is 9.50. The van der Waals surface area contributed by atoms with E-state index in [0.717, 1.165) is 52.5 Å². The lowest BCUT2D eigenvalue weighted by atomic mass is 10.1. The van der Waals surface area contributed by atoms with Crippen molar-refractivity contribution in [3.8, 4) is 5.75 Å². The molecule has 0 atom stereocenters. The number of amides is 1. The first-order chi connectivity index (χ1) is 13.3. The van der Waals surface area contributed by atoms with Crippen LogP contribution in [-0.4, -0.2) is 22.5 Å². The molecule has 0 saturated heterocycles. The molecule has 27 heavy (non-hydrogen) atoms. The standard InChI is InChI=1S/C21H23N3O2S/c1-2-26-17-11-7-12-18-19(17)23-21(27-18)24(14-16-10-5-6-13-22-16)20(25)15-8-3-4-9-15/h5-7,10-13,15H,2-4,8-9,14H2,1H3. The van der Waals surface area contributed by atoms with E-state index in [9.17, 15) is 4.79 Å². The fourth-order valence-electron chi connectivity index (χ4n) is 3.59. The first kappa shape index (κ1) is 17.9. The largest absolute Gasteiger partial charge is 0.492 e. The SMILES string of the molecule is CCOc1cccc2sc(N(Cc3ccccn3)C(=O)C3CCCC3)nc12. The molecule has 1 aliphatic rings. The minimum absolute atomic E-state index is 0.0899. The van der Waals surface area contributed by atoms with E-state index in [1.54, 1.807) is 6.20 Å². The smallest absolute Gasteiger partial charge is 0.232 e. The van der Waals surface area contributed by atoms with E-state index in [1.165, 1.54) is 11.3 Å². The molecule has 4 rings (SSSR count). The average Bonchev–Trinajstić information content (AvgIpc) is 3.37. The van der Waals surface area contributed by atoms with Gasteiger partial charge >= 0.3 is 0 Å². The number of anilines is 1. The molecule has 2 heterocycles. The van der Waals surface area contributed by atoms with Crippen LogP contribution in [0, 0.1) is 5.92 Å². The van der Waals surface area contributed by atoms with Gasteiger partial charge in [0.15, 0.2) is 5.13 Å². The zero-order chi connectivity index (χ0) is 18.6. The van der Waals surface area contributed by atoms with E-state index in [2.05, 4.69) is 4.98 Å². The van der Waals surface area contributed by atoms with Crippen molar-refractivity contribution in [1.29, 1.82) is 0 Å². The summed E-state index contributed by atoms with van der Waals surface area (Å²) in [7, 11) is 0. The lowest BCUT2D eigenvalue weighted by Gasteiger charge is -2.22. The van der Waals surface area contributed by atoms with E-state index in [4.69, 9.17) is 9.72 Å². The van der Waals surface area contributed by atoms with Crippen molar-refractivity contribution < 1.29 is 9.53 Å². The van der Waals surface area contributed by atoms with Crippen LogP contribution < -0.4 is 9.64 Å². The second-order valence-electron chi connectivity index (χ2n) is 6.76. The van der Waals surface area contributed by atoms with Crippen molar-refractivity contribution in [3.63, 3.8) is 0 Å². The van der Waals surface area contributed by atoms with Crippen LogP contribution in [0.5, 0.6) is 5.75 Å². The number of para-hydroxylation sites is 1. The normalized spacial score (nSPS) is 14.6. The maximum Gasteiger partial charge on any atom is 0.232 e. The predicted molar refractivity (Wildman–Crippen MR) is 108 cm³/mol. The third-order valence-electron chi connectivity index (χ3n) is 4.92. The molecule has 0 bridgehead atoms. The van der Waals surface area contributed by atoms with Crippen molar-refractivity contribution in [2.75, 3.05) is 11.5 Å². The van der Waals surface area contributed by atoms with Crippen molar-refractivity contribution in [2.45, 2.75) is 39.2 Å². The monoisotopic (exact) mass is 381 g/mol. The summed E-state index contributed by atoms with van der Waals surface area (Å²) in [6.45, 7) is 2.99. The second kappa shape index (κ2) is 8.05. The highest BCUT2D eigenvalue weighted by atomic mass is 32.1. The van der Waals surface area contributed by atoms with Gasteiger partial charge in [0.1, 0.15) is 11.3 Å².